The van der Waals surface area contributed by atoms with E-state index in [4.69, 9.17) is 4.42 Å². The second-order valence-electron chi connectivity index (χ2n) is 6.68. The van der Waals surface area contributed by atoms with Crippen LogP contribution in [0.1, 0.15) is 16.1 Å². The summed E-state index contributed by atoms with van der Waals surface area (Å²) in [6.07, 6.45) is 0. The van der Waals surface area contributed by atoms with Crippen LogP contribution in [0.15, 0.2) is 63.8 Å². The Hall–Kier alpha value is -2.99. The van der Waals surface area contributed by atoms with Crippen molar-refractivity contribution in [2.75, 3.05) is 26.2 Å². The van der Waals surface area contributed by atoms with Crippen LogP contribution in [0.4, 0.5) is 4.39 Å². The lowest BCUT2D eigenvalue weighted by molar-refractivity contribution is 0.0594. The maximum absolute atomic E-state index is 13.4. The predicted octanol–water partition coefficient (Wildman–Crippen LogP) is 2.89. The third-order valence-electron chi connectivity index (χ3n) is 4.84. The van der Waals surface area contributed by atoms with Crippen LogP contribution < -0.4 is 5.63 Å². The highest BCUT2D eigenvalue weighted by atomic mass is 19.1. The van der Waals surface area contributed by atoms with E-state index in [0.29, 0.717) is 18.5 Å². The maximum Gasteiger partial charge on any atom is 0.344 e. The molecule has 27 heavy (non-hydrogen) atoms. The first-order valence-electron chi connectivity index (χ1n) is 8.89. The van der Waals surface area contributed by atoms with Crippen LogP contribution >= 0.6 is 0 Å². The van der Waals surface area contributed by atoms with Gasteiger partial charge in [-0.25, -0.2) is 9.18 Å². The van der Waals surface area contributed by atoms with Gasteiger partial charge in [0.15, 0.2) is 5.76 Å². The first-order chi connectivity index (χ1) is 13.1. The summed E-state index contributed by atoms with van der Waals surface area (Å²) >= 11 is 0. The third kappa shape index (κ3) is 3.75. The summed E-state index contributed by atoms with van der Waals surface area (Å²) in [5, 5.41) is 0.637. The van der Waals surface area contributed by atoms with Gasteiger partial charge in [0, 0.05) is 32.7 Å². The molecule has 1 aromatic heterocycles. The number of benzene rings is 2. The average molecular weight is 366 g/mol. The van der Waals surface area contributed by atoms with Gasteiger partial charge in [-0.15, -0.1) is 0 Å². The lowest BCUT2D eigenvalue weighted by Crippen LogP contribution is -2.48. The van der Waals surface area contributed by atoms with Gasteiger partial charge in [0.2, 0.25) is 0 Å². The minimum absolute atomic E-state index is 0.0467. The number of piperazine rings is 1. The number of hydrogen-bond donors (Lipinski definition) is 0. The SMILES string of the molecule is O=C(c1cc2cc(F)ccc2c(=O)o1)N1CCN(Cc2ccccc2)CC1. The highest BCUT2D eigenvalue weighted by Crippen LogP contribution is 2.16. The molecule has 0 bridgehead atoms. The van der Waals surface area contributed by atoms with Gasteiger partial charge >= 0.3 is 5.63 Å². The molecule has 1 amide bonds. The molecule has 0 spiro atoms. The second kappa shape index (κ2) is 7.32. The normalized spacial score (nSPS) is 15.2. The molecular formula is C21H19FN2O3. The molecule has 1 fully saturated rings. The Morgan fingerprint density at radius 1 is 1.00 bits per heavy atom. The Kier molecular flexibility index (Phi) is 4.73. The molecule has 0 unspecified atom stereocenters. The van der Waals surface area contributed by atoms with E-state index < -0.39 is 11.4 Å². The molecule has 0 saturated carbocycles. The molecule has 0 aliphatic carbocycles. The van der Waals surface area contributed by atoms with Gasteiger partial charge < -0.3 is 9.32 Å². The van der Waals surface area contributed by atoms with Gasteiger partial charge in [0.1, 0.15) is 5.82 Å². The molecule has 0 N–H and O–H groups in total. The summed E-state index contributed by atoms with van der Waals surface area (Å²) in [5.74, 6) is -0.840. The lowest BCUT2D eigenvalue weighted by atomic mass is 10.1. The lowest BCUT2D eigenvalue weighted by Gasteiger charge is -2.34. The molecule has 138 valence electrons. The smallest absolute Gasteiger partial charge is 0.344 e. The minimum atomic E-state index is -0.626. The molecule has 5 nitrogen and oxygen atoms in total. The van der Waals surface area contributed by atoms with Crippen LogP contribution in [0, 0.1) is 5.82 Å². The fourth-order valence-corrected chi connectivity index (χ4v) is 3.38. The van der Waals surface area contributed by atoms with Crippen molar-refractivity contribution in [3.8, 4) is 0 Å². The molecule has 4 rings (SSSR count). The molecule has 1 saturated heterocycles. The largest absolute Gasteiger partial charge is 0.417 e. The van der Waals surface area contributed by atoms with Gasteiger partial charge in [0.25, 0.3) is 5.91 Å². The highest BCUT2D eigenvalue weighted by Gasteiger charge is 2.24. The zero-order chi connectivity index (χ0) is 18.8. The summed E-state index contributed by atoms with van der Waals surface area (Å²) in [4.78, 5) is 28.8. The second-order valence-corrected chi connectivity index (χ2v) is 6.68. The molecule has 0 atom stereocenters. The van der Waals surface area contributed by atoms with Crippen molar-refractivity contribution in [2.45, 2.75) is 6.54 Å². The van der Waals surface area contributed by atoms with Crippen LogP contribution in [0.5, 0.6) is 0 Å². The number of carbonyl (C=O) groups excluding carboxylic acids is 1. The minimum Gasteiger partial charge on any atom is -0.417 e. The van der Waals surface area contributed by atoms with Gasteiger partial charge in [-0.05, 0) is 35.2 Å². The Bertz CT molecular complexity index is 1020. The zero-order valence-corrected chi connectivity index (χ0v) is 14.7. The first kappa shape index (κ1) is 17.4. The van der Waals surface area contributed by atoms with E-state index in [0.717, 1.165) is 19.6 Å². The molecule has 2 heterocycles. The number of carbonyl (C=O) groups is 1. The Morgan fingerprint density at radius 3 is 2.48 bits per heavy atom. The van der Waals surface area contributed by atoms with Crippen LogP contribution in [0.3, 0.4) is 0 Å². The van der Waals surface area contributed by atoms with Crippen LogP contribution in [-0.2, 0) is 6.54 Å². The standard InChI is InChI=1S/C21H19FN2O3/c22-17-6-7-18-16(12-17)13-19(27-21(18)26)20(25)24-10-8-23(9-11-24)14-15-4-2-1-3-5-15/h1-7,12-13H,8-11,14H2. The van der Waals surface area contributed by atoms with Gasteiger partial charge in [-0.1, -0.05) is 30.3 Å². The molecule has 1 aliphatic rings. The van der Waals surface area contributed by atoms with E-state index in [1.165, 1.54) is 29.8 Å². The predicted molar refractivity (Wildman–Crippen MR) is 100 cm³/mol. The van der Waals surface area contributed by atoms with Gasteiger partial charge in [0.05, 0.1) is 5.39 Å². The number of rotatable bonds is 3. The third-order valence-corrected chi connectivity index (χ3v) is 4.84. The molecule has 2 aromatic carbocycles. The summed E-state index contributed by atoms with van der Waals surface area (Å²) in [6, 6.07) is 15.4. The molecule has 6 heteroatoms. The monoisotopic (exact) mass is 366 g/mol. The van der Waals surface area contributed by atoms with Crippen LogP contribution in [0.25, 0.3) is 10.8 Å². The molecule has 1 aliphatic heterocycles. The van der Waals surface area contributed by atoms with Crippen LogP contribution in [0.2, 0.25) is 0 Å². The van der Waals surface area contributed by atoms with Crippen molar-refractivity contribution in [2.24, 2.45) is 0 Å². The van der Waals surface area contributed by atoms with Crippen molar-refractivity contribution in [3.05, 3.63) is 82.2 Å². The van der Waals surface area contributed by atoms with Crippen molar-refractivity contribution in [1.82, 2.24) is 9.80 Å². The number of hydrogen-bond acceptors (Lipinski definition) is 4. The van der Waals surface area contributed by atoms with E-state index in [9.17, 15) is 14.0 Å². The Labute approximate surface area is 155 Å². The fraction of sp³-hybridized carbons (Fsp3) is 0.238. The first-order valence-corrected chi connectivity index (χ1v) is 8.89. The van der Waals surface area contributed by atoms with Crippen LogP contribution in [-0.4, -0.2) is 41.9 Å². The summed E-state index contributed by atoms with van der Waals surface area (Å²) in [5.41, 5.74) is 0.610. The summed E-state index contributed by atoms with van der Waals surface area (Å²) < 4.78 is 18.6. The average Bonchev–Trinajstić information content (AvgIpc) is 2.68. The number of amides is 1. The summed E-state index contributed by atoms with van der Waals surface area (Å²) in [7, 11) is 0. The number of fused-ring (bicyclic) bond motifs is 1. The van der Waals surface area contributed by atoms with E-state index in [1.54, 1.807) is 4.90 Å². The van der Waals surface area contributed by atoms with Crippen molar-refractivity contribution in [1.29, 1.82) is 0 Å². The van der Waals surface area contributed by atoms with Crippen molar-refractivity contribution in [3.63, 3.8) is 0 Å². The topological polar surface area (TPSA) is 53.8 Å². The maximum atomic E-state index is 13.4. The van der Waals surface area contributed by atoms with E-state index in [1.807, 2.05) is 18.2 Å². The molecule has 3 aromatic rings. The van der Waals surface area contributed by atoms with Crippen molar-refractivity contribution >= 4 is 16.7 Å². The van der Waals surface area contributed by atoms with Gasteiger partial charge in [-0.2, -0.15) is 0 Å². The Morgan fingerprint density at radius 2 is 1.74 bits per heavy atom. The van der Waals surface area contributed by atoms with E-state index >= 15 is 0 Å². The van der Waals surface area contributed by atoms with E-state index in [-0.39, 0.29) is 17.1 Å². The Balaban J connectivity index is 1.46. The number of nitrogens with zero attached hydrogens (tertiary/aromatic N) is 2. The fourth-order valence-electron chi connectivity index (χ4n) is 3.38. The van der Waals surface area contributed by atoms with Crippen molar-refractivity contribution < 1.29 is 13.6 Å². The quantitative estimate of drug-likeness (QED) is 0.715. The summed E-state index contributed by atoms with van der Waals surface area (Å²) in [6.45, 7) is 3.43. The van der Waals surface area contributed by atoms with E-state index in [2.05, 4.69) is 17.0 Å². The molecule has 0 radical (unpaired) electrons. The molecular weight excluding hydrogens is 347 g/mol. The number of halogens is 1. The zero-order valence-electron chi connectivity index (χ0n) is 14.7. The van der Waals surface area contributed by atoms with Gasteiger partial charge in [-0.3, -0.25) is 9.69 Å². The highest BCUT2D eigenvalue weighted by molar-refractivity contribution is 5.95.